The lowest BCUT2D eigenvalue weighted by Gasteiger charge is -2.17. The van der Waals surface area contributed by atoms with E-state index >= 15 is 0 Å². The summed E-state index contributed by atoms with van der Waals surface area (Å²) in [7, 11) is -3.54. The van der Waals surface area contributed by atoms with Gasteiger partial charge in [-0.25, -0.2) is 0 Å². The van der Waals surface area contributed by atoms with Crippen LogP contribution < -0.4 is 20.4 Å². The zero-order valence-electron chi connectivity index (χ0n) is 19.8. The molecule has 4 N–H and O–H groups in total. The molecule has 8 heteroatoms. The van der Waals surface area contributed by atoms with Crippen LogP contribution in [0.3, 0.4) is 0 Å². The third-order valence-electron chi connectivity index (χ3n) is 5.69. The molecule has 0 aliphatic heterocycles. The number of ether oxygens (including phenoxy) is 2. The Hall–Kier alpha value is -1.99. The Kier molecular flexibility index (Phi) is 13.0. The van der Waals surface area contributed by atoms with Gasteiger partial charge in [0.25, 0.3) is 0 Å². The van der Waals surface area contributed by atoms with Crippen LogP contribution in [-0.4, -0.2) is 40.9 Å². The first-order valence-corrected chi connectivity index (χ1v) is 12.2. The highest BCUT2D eigenvalue weighted by Crippen LogP contribution is 2.17. The molecule has 0 aromatic heterocycles. The van der Waals surface area contributed by atoms with Gasteiger partial charge in [0.2, 0.25) is 0 Å². The Balaban J connectivity index is 1.86. The van der Waals surface area contributed by atoms with Gasteiger partial charge in [0, 0.05) is 10.9 Å². The predicted octanol–water partition coefficient (Wildman–Crippen LogP) is 2.92. The molecule has 2 aromatic rings. The van der Waals surface area contributed by atoms with Crippen molar-refractivity contribution in [2.24, 2.45) is 0 Å². The zero-order valence-corrected chi connectivity index (χ0v) is 19.8. The van der Waals surface area contributed by atoms with E-state index in [1.54, 1.807) is 0 Å². The van der Waals surface area contributed by atoms with E-state index in [9.17, 15) is 20.1 Å². The Morgan fingerprint density at radius 1 is 0.636 bits per heavy atom. The van der Waals surface area contributed by atoms with Crippen LogP contribution in [0.2, 0.25) is 0 Å². The minimum atomic E-state index is -1.78. The molecule has 0 aliphatic carbocycles. The van der Waals surface area contributed by atoms with Gasteiger partial charge < -0.3 is 29.6 Å². The van der Waals surface area contributed by atoms with Crippen molar-refractivity contribution < 1.29 is 29.6 Å². The monoisotopic (exact) mass is 456 g/mol. The maximum absolute atomic E-state index is 9.82. The standard InChI is InChI=1S/C25H38B2O6/c1-2-3-4-5-6-7-8-9-10-14-17-32-24-18-23(27(30)31)25(19-22(24)26(28)29)33-20-21-15-12-11-13-16-21/h11-13,15-16,18-19,28-31H,2-10,14,17,20H2,1H3. The summed E-state index contributed by atoms with van der Waals surface area (Å²) in [6, 6.07) is 12.3. The predicted molar refractivity (Wildman–Crippen MR) is 134 cm³/mol. The topological polar surface area (TPSA) is 99.4 Å². The van der Waals surface area contributed by atoms with Crippen molar-refractivity contribution in [1.29, 1.82) is 0 Å². The normalized spacial score (nSPS) is 10.8. The summed E-state index contributed by atoms with van der Waals surface area (Å²) >= 11 is 0. The van der Waals surface area contributed by atoms with E-state index in [4.69, 9.17) is 9.47 Å². The second-order valence-electron chi connectivity index (χ2n) is 8.48. The van der Waals surface area contributed by atoms with Gasteiger partial charge in [0.05, 0.1) is 6.61 Å². The fraction of sp³-hybridized carbons (Fsp3) is 0.520. The molecule has 0 radical (unpaired) electrons. The van der Waals surface area contributed by atoms with Crippen LogP contribution in [0.4, 0.5) is 0 Å². The van der Waals surface area contributed by atoms with Crippen LogP contribution in [0.5, 0.6) is 11.5 Å². The van der Waals surface area contributed by atoms with Gasteiger partial charge in [-0.3, -0.25) is 0 Å². The van der Waals surface area contributed by atoms with Crippen molar-refractivity contribution in [3.05, 3.63) is 48.0 Å². The Labute approximate surface area is 198 Å². The first-order valence-electron chi connectivity index (χ1n) is 12.2. The third kappa shape index (κ3) is 10.2. The van der Waals surface area contributed by atoms with Crippen LogP contribution in [-0.2, 0) is 6.61 Å². The molecule has 2 aromatic carbocycles. The molecule has 2 rings (SSSR count). The summed E-state index contributed by atoms with van der Waals surface area (Å²) in [5, 5.41) is 39.3. The number of hydrogen-bond acceptors (Lipinski definition) is 6. The average molecular weight is 456 g/mol. The Morgan fingerprint density at radius 3 is 1.64 bits per heavy atom. The number of rotatable bonds is 17. The SMILES string of the molecule is CCCCCCCCCCCCOc1cc(B(O)O)c(OCc2ccccc2)cc1B(O)O. The smallest absolute Gasteiger partial charge is 0.492 e. The molecule has 0 amide bonds. The molecule has 0 bridgehead atoms. The molecular formula is C25H38B2O6. The third-order valence-corrected chi connectivity index (χ3v) is 5.69. The zero-order chi connectivity index (χ0) is 23.9. The van der Waals surface area contributed by atoms with Gasteiger partial charge in [-0.1, -0.05) is 95.0 Å². The van der Waals surface area contributed by atoms with Crippen LogP contribution in [0, 0.1) is 0 Å². The Bertz CT molecular complexity index is 786. The number of benzene rings is 2. The lowest BCUT2D eigenvalue weighted by atomic mass is 9.73. The second-order valence-corrected chi connectivity index (χ2v) is 8.48. The Morgan fingerprint density at radius 2 is 1.12 bits per heavy atom. The molecule has 0 aliphatic rings. The van der Waals surface area contributed by atoms with Crippen molar-refractivity contribution in [1.82, 2.24) is 0 Å². The minimum Gasteiger partial charge on any atom is -0.494 e. The highest BCUT2D eigenvalue weighted by molar-refractivity contribution is 6.62. The van der Waals surface area contributed by atoms with Crippen molar-refractivity contribution in [2.45, 2.75) is 77.7 Å². The van der Waals surface area contributed by atoms with E-state index < -0.39 is 14.2 Å². The summed E-state index contributed by atoms with van der Waals surface area (Å²) in [6.07, 6.45) is 12.1. The van der Waals surface area contributed by atoms with E-state index in [0.717, 1.165) is 24.8 Å². The van der Waals surface area contributed by atoms with Crippen LogP contribution in [0.15, 0.2) is 42.5 Å². The molecule has 33 heavy (non-hydrogen) atoms. The van der Waals surface area contributed by atoms with Crippen molar-refractivity contribution in [3.8, 4) is 11.5 Å². The van der Waals surface area contributed by atoms with Crippen LogP contribution in [0.25, 0.3) is 0 Å². The van der Waals surface area contributed by atoms with Crippen LogP contribution >= 0.6 is 0 Å². The first-order chi connectivity index (χ1) is 16.0. The van der Waals surface area contributed by atoms with Crippen LogP contribution in [0.1, 0.15) is 76.7 Å². The molecule has 0 spiro atoms. The molecule has 0 atom stereocenters. The summed E-state index contributed by atoms with van der Waals surface area (Å²) < 4.78 is 11.5. The number of unbranched alkanes of at least 4 members (excludes halogenated alkanes) is 9. The minimum absolute atomic E-state index is 0.119. The maximum Gasteiger partial charge on any atom is 0.492 e. The molecular weight excluding hydrogens is 418 g/mol. The summed E-state index contributed by atoms with van der Waals surface area (Å²) in [5.74, 6) is 0.388. The summed E-state index contributed by atoms with van der Waals surface area (Å²) in [5.41, 5.74) is 1.16. The summed E-state index contributed by atoms with van der Waals surface area (Å²) in [6.45, 7) is 2.86. The van der Waals surface area contributed by atoms with Crippen molar-refractivity contribution >= 4 is 25.2 Å². The van der Waals surface area contributed by atoms with Gasteiger partial charge in [-0.05, 0) is 24.1 Å². The highest BCUT2D eigenvalue weighted by atomic mass is 16.5. The summed E-state index contributed by atoms with van der Waals surface area (Å²) in [4.78, 5) is 0. The molecule has 6 nitrogen and oxygen atoms in total. The van der Waals surface area contributed by atoms with E-state index in [1.807, 2.05) is 30.3 Å². The van der Waals surface area contributed by atoms with E-state index in [1.165, 1.54) is 57.1 Å². The molecule has 0 unspecified atom stereocenters. The number of hydrogen-bond donors (Lipinski definition) is 4. The average Bonchev–Trinajstić information content (AvgIpc) is 2.81. The maximum atomic E-state index is 9.82. The lowest BCUT2D eigenvalue weighted by molar-refractivity contribution is 0.297. The van der Waals surface area contributed by atoms with Crippen molar-refractivity contribution in [3.63, 3.8) is 0 Å². The molecule has 0 saturated carbocycles. The van der Waals surface area contributed by atoms with Gasteiger partial charge in [-0.2, -0.15) is 0 Å². The van der Waals surface area contributed by atoms with Gasteiger partial charge >= 0.3 is 14.2 Å². The fourth-order valence-corrected chi connectivity index (χ4v) is 3.75. The largest absolute Gasteiger partial charge is 0.494 e. The van der Waals surface area contributed by atoms with Crippen molar-refractivity contribution in [2.75, 3.05) is 6.61 Å². The van der Waals surface area contributed by atoms with E-state index in [2.05, 4.69) is 6.92 Å². The van der Waals surface area contributed by atoms with Gasteiger partial charge in [0.15, 0.2) is 0 Å². The van der Waals surface area contributed by atoms with Gasteiger partial charge in [-0.15, -0.1) is 0 Å². The molecule has 180 valence electrons. The second kappa shape index (κ2) is 15.8. The molecule has 0 saturated heterocycles. The first kappa shape index (κ1) is 27.3. The molecule has 0 fully saturated rings. The van der Waals surface area contributed by atoms with Gasteiger partial charge in [0.1, 0.15) is 18.1 Å². The lowest BCUT2D eigenvalue weighted by Crippen LogP contribution is -2.37. The quantitative estimate of drug-likeness (QED) is 0.216. The van der Waals surface area contributed by atoms with E-state index in [-0.39, 0.29) is 29.0 Å². The van der Waals surface area contributed by atoms with E-state index in [0.29, 0.717) is 6.61 Å². The highest BCUT2D eigenvalue weighted by Gasteiger charge is 2.25. The fourth-order valence-electron chi connectivity index (χ4n) is 3.75. The molecule has 0 heterocycles.